The molecule has 10 atom stereocenters. The minimum absolute atomic E-state index is 0.0948. The number of aliphatic hydroxyl groups excluding tert-OH is 1. The van der Waals surface area contributed by atoms with Crippen molar-refractivity contribution in [2.45, 2.75) is 55.4 Å². The lowest BCUT2D eigenvalue weighted by molar-refractivity contribution is -0.745. The van der Waals surface area contributed by atoms with Crippen LogP contribution in [-0.2, 0) is 43.4 Å². The molecule has 26 heteroatoms. The fraction of sp³-hybridized carbons (Fsp3) is 0.452. The minimum Gasteiger partial charge on any atom is -0.756 e. The summed E-state index contributed by atoms with van der Waals surface area (Å²) in [7, 11) is -5.69. The average Bonchev–Trinajstić information content (AvgIpc) is 3.84. The highest BCUT2D eigenvalue weighted by molar-refractivity contribution is 7.46. The van der Waals surface area contributed by atoms with Gasteiger partial charge in [-0.1, -0.05) is 17.1 Å². The number of H-pyrrole nitrogens is 1. The van der Waals surface area contributed by atoms with Crippen LogP contribution in [0, 0.1) is 6.42 Å². The number of nitrogens with zero attached hydrogens (tertiary/aromatic N) is 6. The second-order valence-corrected chi connectivity index (χ2v) is 15.7. The number of phosphoric ester groups is 2. The van der Waals surface area contributed by atoms with Gasteiger partial charge in [0.05, 0.1) is 32.4 Å². The molecular formula is C31H40N10O14P2-. The number of amides is 1. The number of aromatic nitrogens is 6. The molecule has 309 valence electrons. The average molecular weight is 839 g/mol. The Kier molecular flexibility index (Phi) is 12.7. The van der Waals surface area contributed by atoms with E-state index >= 15 is 0 Å². The van der Waals surface area contributed by atoms with E-state index in [2.05, 4.69) is 29.8 Å². The zero-order valence-electron chi connectivity index (χ0n) is 30.5. The molecule has 0 saturated carbocycles. The summed E-state index contributed by atoms with van der Waals surface area (Å²) in [5, 5.41) is 14.3. The summed E-state index contributed by atoms with van der Waals surface area (Å²) >= 11 is 0. The number of fused-ring (bicyclic) bond motifs is 1. The number of carbonyl (C=O) groups excluding carboxylic acids is 1. The van der Waals surface area contributed by atoms with E-state index < -0.39 is 89.4 Å². The number of nitrogens with one attached hydrogen (secondary N) is 2. The van der Waals surface area contributed by atoms with E-state index in [1.54, 1.807) is 43.3 Å². The van der Waals surface area contributed by atoms with Crippen molar-refractivity contribution in [3.05, 3.63) is 71.7 Å². The van der Waals surface area contributed by atoms with Crippen LogP contribution >= 0.6 is 15.6 Å². The zero-order valence-corrected chi connectivity index (χ0v) is 32.3. The lowest BCUT2D eigenvalue weighted by Gasteiger charge is -2.30. The number of carbonyl (C=O) groups is 1. The summed E-state index contributed by atoms with van der Waals surface area (Å²) in [5.41, 5.74) is 12.4. The Morgan fingerprint density at radius 1 is 1.14 bits per heavy atom. The highest BCUT2D eigenvalue weighted by Crippen LogP contribution is 2.46. The Morgan fingerprint density at radius 2 is 1.86 bits per heavy atom. The molecule has 0 aliphatic carbocycles. The molecule has 4 aromatic rings. The molecule has 2 aliphatic heterocycles. The van der Waals surface area contributed by atoms with Crippen LogP contribution in [0.25, 0.3) is 11.2 Å². The van der Waals surface area contributed by atoms with Crippen LogP contribution in [0.15, 0.2) is 54.0 Å². The van der Waals surface area contributed by atoms with Crippen molar-refractivity contribution in [1.29, 1.82) is 0 Å². The highest BCUT2D eigenvalue weighted by atomic mass is 31.2. The molecule has 2 aliphatic rings. The van der Waals surface area contributed by atoms with Crippen LogP contribution in [0.2, 0.25) is 0 Å². The zero-order chi connectivity index (χ0) is 41.2. The molecule has 5 heterocycles. The fourth-order valence-electron chi connectivity index (χ4n) is 6.21. The molecule has 1 aromatic carbocycles. The SMILES string of the molecule is COc1ccc(CC(N)C(=O)NC2C(COP(=O)([O-])OC3[CH]C(n4ccc(N)nc4=O)OC3COP(=O)([O-])O)OC([n+]3c[nH]c4c(N(C)C)ncnc43)C2O)cc1. The van der Waals surface area contributed by atoms with Gasteiger partial charge < -0.3 is 69.3 Å². The number of rotatable bonds is 16. The lowest BCUT2D eigenvalue weighted by atomic mass is 10.0. The van der Waals surface area contributed by atoms with Gasteiger partial charge in [0, 0.05) is 26.7 Å². The van der Waals surface area contributed by atoms with Crippen LogP contribution in [0.3, 0.4) is 0 Å². The predicted octanol–water partition coefficient (Wildman–Crippen LogP) is -3.08. The van der Waals surface area contributed by atoms with Crippen LogP contribution in [-0.4, -0.2) is 111 Å². The third-order valence-corrected chi connectivity index (χ3v) is 10.4. The van der Waals surface area contributed by atoms with Crippen molar-refractivity contribution >= 4 is 44.4 Å². The van der Waals surface area contributed by atoms with E-state index in [4.69, 9.17) is 39.6 Å². The van der Waals surface area contributed by atoms with E-state index in [9.17, 15) is 33.6 Å². The largest absolute Gasteiger partial charge is 0.756 e. The number of methoxy groups -OCH3 is 1. The van der Waals surface area contributed by atoms with Gasteiger partial charge in [-0.3, -0.25) is 23.5 Å². The Bertz CT molecular complexity index is 2200. The fourth-order valence-corrected chi connectivity index (χ4v) is 7.44. The number of aliphatic hydroxyl groups is 1. The Balaban J connectivity index is 1.21. The van der Waals surface area contributed by atoms with E-state index in [0.29, 0.717) is 28.3 Å². The number of nitrogens with two attached hydrogens (primary N) is 2. The Labute approximate surface area is 323 Å². The molecule has 8 N–H and O–H groups in total. The molecule has 2 saturated heterocycles. The molecule has 1 amide bonds. The van der Waals surface area contributed by atoms with Crippen molar-refractivity contribution in [1.82, 2.24) is 29.8 Å². The number of imidazole rings is 1. The number of hydrogen-bond donors (Lipinski definition) is 6. The van der Waals surface area contributed by atoms with Gasteiger partial charge in [-0.25, -0.2) is 9.36 Å². The molecular weight excluding hydrogens is 798 g/mol. The van der Waals surface area contributed by atoms with Gasteiger partial charge in [-0.05, 0) is 30.2 Å². The second kappa shape index (κ2) is 17.2. The summed E-state index contributed by atoms with van der Waals surface area (Å²) in [6.07, 6.45) is -3.54. The normalized spacial score (nSPS) is 26.1. The smallest absolute Gasteiger partial charge is 0.351 e. The quantitative estimate of drug-likeness (QED) is 0.0481. The summed E-state index contributed by atoms with van der Waals surface area (Å²) in [5.74, 6) is 0.296. The van der Waals surface area contributed by atoms with Gasteiger partial charge in [-0.2, -0.15) is 9.97 Å². The standard InChI is InChI=1S/C31H41N10O14P2/c1-39(2)27-25-28(35-14-34-27)41(15-36-25)30-26(42)24(38-29(43)18(32)10-16-4-6-17(50-3)7-5-16)21(54-30)13-52-57(48,49)55-19-11-23(40-9-8-22(33)37-31(40)44)53-20(19)12-51-56(45,46)47/h4-9,11,14-15,18-21,23-24,26,30,42H,10,12-13,32H2,1-3H3,(H6,33,37,38,43,44,45,46,47,48,49)/p-1. The maximum atomic E-state index is 13.5. The first-order valence-corrected chi connectivity index (χ1v) is 20.0. The number of hydrogen-bond acceptors (Lipinski definition) is 19. The first-order chi connectivity index (χ1) is 26.9. The summed E-state index contributed by atoms with van der Waals surface area (Å²) in [4.78, 5) is 76.6. The molecule has 10 unspecified atom stereocenters. The molecule has 0 bridgehead atoms. The van der Waals surface area contributed by atoms with E-state index in [1.807, 2.05) is 0 Å². The first kappa shape index (κ1) is 42.2. The number of benzene rings is 1. The molecule has 57 heavy (non-hydrogen) atoms. The summed E-state index contributed by atoms with van der Waals surface area (Å²) in [6, 6.07) is 5.69. The van der Waals surface area contributed by atoms with E-state index in [-0.39, 0.29) is 12.2 Å². The lowest BCUT2D eigenvalue weighted by Crippen LogP contribution is -2.55. The van der Waals surface area contributed by atoms with Gasteiger partial charge in [0.2, 0.25) is 17.7 Å². The third kappa shape index (κ3) is 10.0. The molecule has 1 radical (unpaired) electrons. The van der Waals surface area contributed by atoms with Crippen molar-refractivity contribution in [3.8, 4) is 5.75 Å². The maximum Gasteiger partial charge on any atom is 0.351 e. The number of aromatic amines is 1. The van der Waals surface area contributed by atoms with Gasteiger partial charge in [-0.15, -0.1) is 0 Å². The third-order valence-electron chi connectivity index (χ3n) is 8.94. The molecule has 6 rings (SSSR count). The second-order valence-electron chi connectivity index (χ2n) is 13.1. The molecule has 24 nitrogen and oxygen atoms in total. The monoisotopic (exact) mass is 838 g/mol. The Morgan fingerprint density at radius 3 is 2.53 bits per heavy atom. The van der Waals surface area contributed by atoms with Crippen molar-refractivity contribution in [2.24, 2.45) is 5.73 Å². The van der Waals surface area contributed by atoms with Gasteiger partial charge in [0.1, 0.15) is 42.2 Å². The van der Waals surface area contributed by atoms with Crippen molar-refractivity contribution in [2.75, 3.05) is 45.1 Å². The summed E-state index contributed by atoms with van der Waals surface area (Å²) < 4.78 is 58.8. The van der Waals surface area contributed by atoms with Crippen molar-refractivity contribution < 1.29 is 66.1 Å². The molecule has 0 spiro atoms. The van der Waals surface area contributed by atoms with Crippen LogP contribution in [0.4, 0.5) is 11.6 Å². The topological polar surface area (TPSA) is 341 Å². The number of ether oxygens (including phenoxy) is 3. The van der Waals surface area contributed by atoms with Crippen LogP contribution in [0.1, 0.15) is 18.0 Å². The number of anilines is 2. The van der Waals surface area contributed by atoms with Gasteiger partial charge in [0.25, 0.3) is 15.6 Å². The Hall–Kier alpha value is -4.42. The number of nitrogen functional groups attached to an aromatic ring is 1. The summed E-state index contributed by atoms with van der Waals surface area (Å²) in [6.45, 7) is -1.77. The van der Waals surface area contributed by atoms with Crippen molar-refractivity contribution in [3.63, 3.8) is 0 Å². The highest BCUT2D eigenvalue weighted by Gasteiger charge is 2.49. The minimum atomic E-state index is -5.42. The maximum absolute atomic E-state index is 13.5. The van der Waals surface area contributed by atoms with Crippen LogP contribution < -0.4 is 46.5 Å². The van der Waals surface area contributed by atoms with Gasteiger partial charge in [0.15, 0.2) is 18.5 Å². The number of phosphoric acid groups is 2. The predicted molar refractivity (Wildman–Crippen MR) is 190 cm³/mol. The first-order valence-electron chi connectivity index (χ1n) is 17.0. The van der Waals surface area contributed by atoms with Crippen LogP contribution in [0.5, 0.6) is 5.75 Å². The van der Waals surface area contributed by atoms with E-state index in [1.165, 1.54) is 36.6 Å². The molecule has 2 fully saturated rings. The van der Waals surface area contributed by atoms with E-state index in [0.717, 1.165) is 11.0 Å². The van der Waals surface area contributed by atoms with Gasteiger partial charge >= 0.3 is 11.3 Å². The molecule has 3 aromatic heterocycles.